The average Bonchev–Trinajstić information content (AvgIpc) is 2.92. The lowest BCUT2D eigenvalue weighted by molar-refractivity contribution is -0.127. The maximum atomic E-state index is 11.8. The first-order chi connectivity index (χ1) is 8.61. The van der Waals surface area contributed by atoms with Gasteiger partial charge in [-0.05, 0) is 19.1 Å². The molecule has 1 aromatic heterocycles. The number of hydrogen-bond acceptors (Lipinski definition) is 4. The van der Waals surface area contributed by atoms with Crippen LogP contribution in [0, 0.1) is 6.92 Å². The third kappa shape index (κ3) is 2.99. The van der Waals surface area contributed by atoms with E-state index in [1.54, 1.807) is 16.2 Å². The van der Waals surface area contributed by atoms with Crippen LogP contribution in [-0.2, 0) is 15.6 Å². The molecule has 2 heterocycles. The number of carbonyl (C=O) groups is 1. The topological polar surface area (TPSA) is 49.4 Å². The van der Waals surface area contributed by atoms with E-state index in [9.17, 15) is 9.00 Å². The maximum Gasteiger partial charge on any atom is 0.238 e. The highest BCUT2D eigenvalue weighted by Gasteiger charge is 2.32. The number of nitrogens with zero attached hydrogens (tertiary/aromatic N) is 1. The molecule has 2 rings (SSSR count). The van der Waals surface area contributed by atoms with Crippen molar-refractivity contribution in [1.82, 2.24) is 10.2 Å². The predicted octanol–water partition coefficient (Wildman–Crippen LogP) is 1.26. The van der Waals surface area contributed by atoms with Gasteiger partial charge in [0.2, 0.25) is 5.91 Å². The van der Waals surface area contributed by atoms with E-state index in [0.717, 1.165) is 4.88 Å². The molecule has 1 saturated heterocycles. The molecule has 2 unspecified atom stereocenters. The predicted molar refractivity (Wildman–Crippen MR) is 75.1 cm³/mol. The van der Waals surface area contributed by atoms with Crippen molar-refractivity contribution >= 4 is 28.0 Å². The number of hydrogen-bond donors (Lipinski definition) is 1. The molecule has 1 amide bonds. The maximum absolute atomic E-state index is 11.8. The van der Waals surface area contributed by atoms with E-state index >= 15 is 0 Å². The highest BCUT2D eigenvalue weighted by Crippen LogP contribution is 2.28. The van der Waals surface area contributed by atoms with Gasteiger partial charge in [0.1, 0.15) is 6.17 Å². The number of carbonyl (C=O) groups excluding carboxylic acids is 1. The SMILES string of the molecule is CCS(=O)CCN1C(=O)CNC1c1ccc(C)s1. The van der Waals surface area contributed by atoms with Crippen LogP contribution in [0.25, 0.3) is 0 Å². The zero-order chi connectivity index (χ0) is 13.1. The van der Waals surface area contributed by atoms with Crippen LogP contribution in [0.15, 0.2) is 12.1 Å². The van der Waals surface area contributed by atoms with E-state index < -0.39 is 10.8 Å². The van der Waals surface area contributed by atoms with Gasteiger partial charge in [-0.15, -0.1) is 11.3 Å². The van der Waals surface area contributed by atoms with E-state index in [1.165, 1.54) is 4.88 Å². The summed E-state index contributed by atoms with van der Waals surface area (Å²) in [6.07, 6.45) is -0.0370. The van der Waals surface area contributed by atoms with Crippen LogP contribution in [0.4, 0.5) is 0 Å². The largest absolute Gasteiger partial charge is 0.320 e. The summed E-state index contributed by atoms with van der Waals surface area (Å²) in [6.45, 7) is 4.90. The molecule has 0 aromatic carbocycles. The molecule has 4 nitrogen and oxygen atoms in total. The molecule has 0 radical (unpaired) electrons. The van der Waals surface area contributed by atoms with E-state index in [4.69, 9.17) is 0 Å². The lowest BCUT2D eigenvalue weighted by atomic mass is 10.3. The van der Waals surface area contributed by atoms with E-state index in [-0.39, 0.29) is 12.1 Å². The molecule has 0 bridgehead atoms. The molecule has 2 atom stereocenters. The van der Waals surface area contributed by atoms with Crippen molar-refractivity contribution < 1.29 is 9.00 Å². The molecule has 1 fully saturated rings. The molecular formula is C12H18N2O2S2. The van der Waals surface area contributed by atoms with Gasteiger partial charge in [0, 0.05) is 38.6 Å². The Labute approximate surface area is 114 Å². The molecule has 0 aliphatic carbocycles. The van der Waals surface area contributed by atoms with Crippen LogP contribution in [-0.4, -0.2) is 39.6 Å². The van der Waals surface area contributed by atoms with Crippen molar-refractivity contribution in [2.45, 2.75) is 20.0 Å². The van der Waals surface area contributed by atoms with Gasteiger partial charge in [0.15, 0.2) is 0 Å². The molecule has 1 aliphatic heterocycles. The zero-order valence-electron chi connectivity index (χ0n) is 10.6. The fourth-order valence-electron chi connectivity index (χ4n) is 1.99. The van der Waals surface area contributed by atoms with Gasteiger partial charge < -0.3 is 4.90 Å². The smallest absolute Gasteiger partial charge is 0.238 e. The summed E-state index contributed by atoms with van der Waals surface area (Å²) < 4.78 is 11.5. The van der Waals surface area contributed by atoms with Crippen LogP contribution < -0.4 is 5.32 Å². The Morgan fingerprint density at radius 2 is 2.33 bits per heavy atom. The Bertz CT molecular complexity index is 459. The highest BCUT2D eigenvalue weighted by atomic mass is 32.2. The number of aryl methyl sites for hydroxylation is 1. The Balaban J connectivity index is 2.05. The van der Waals surface area contributed by atoms with Crippen LogP contribution in [0.5, 0.6) is 0 Å². The fraction of sp³-hybridized carbons (Fsp3) is 0.583. The molecule has 1 aromatic rings. The van der Waals surface area contributed by atoms with E-state index in [2.05, 4.69) is 24.4 Å². The van der Waals surface area contributed by atoms with Gasteiger partial charge >= 0.3 is 0 Å². The van der Waals surface area contributed by atoms with E-state index in [0.29, 0.717) is 24.6 Å². The van der Waals surface area contributed by atoms with Crippen LogP contribution >= 0.6 is 11.3 Å². The number of rotatable bonds is 5. The average molecular weight is 286 g/mol. The molecule has 100 valence electrons. The molecule has 18 heavy (non-hydrogen) atoms. The Hall–Kier alpha value is -0.720. The van der Waals surface area contributed by atoms with Crippen molar-refractivity contribution in [3.63, 3.8) is 0 Å². The Morgan fingerprint density at radius 1 is 1.56 bits per heavy atom. The summed E-state index contributed by atoms with van der Waals surface area (Å²) in [6, 6.07) is 4.12. The third-order valence-electron chi connectivity index (χ3n) is 2.99. The van der Waals surface area contributed by atoms with Gasteiger partial charge in [-0.1, -0.05) is 6.92 Å². The molecule has 0 spiro atoms. The van der Waals surface area contributed by atoms with Crippen molar-refractivity contribution in [2.24, 2.45) is 0 Å². The van der Waals surface area contributed by atoms with Gasteiger partial charge in [0.25, 0.3) is 0 Å². The van der Waals surface area contributed by atoms with Crippen molar-refractivity contribution in [3.8, 4) is 0 Å². The lowest BCUT2D eigenvalue weighted by Gasteiger charge is -2.23. The molecular weight excluding hydrogens is 268 g/mol. The summed E-state index contributed by atoms with van der Waals surface area (Å²) in [7, 11) is -0.822. The second kappa shape index (κ2) is 5.95. The summed E-state index contributed by atoms with van der Waals surface area (Å²) >= 11 is 1.70. The first-order valence-electron chi connectivity index (χ1n) is 6.06. The summed E-state index contributed by atoms with van der Waals surface area (Å²) in [5.74, 6) is 1.31. The lowest BCUT2D eigenvalue weighted by Crippen LogP contribution is -2.33. The van der Waals surface area contributed by atoms with Crippen molar-refractivity contribution in [3.05, 3.63) is 21.9 Å². The second-order valence-corrected chi connectivity index (χ2v) is 7.44. The van der Waals surface area contributed by atoms with E-state index in [1.807, 2.05) is 6.92 Å². The second-order valence-electron chi connectivity index (χ2n) is 4.25. The van der Waals surface area contributed by atoms with Gasteiger partial charge in [-0.3, -0.25) is 14.3 Å². The standard InChI is InChI=1S/C12H18N2O2S2/c1-3-18(16)7-6-14-11(15)8-13-12(14)10-5-4-9(2)17-10/h4-5,12-13H,3,6-8H2,1-2H3. The molecule has 0 saturated carbocycles. The minimum Gasteiger partial charge on any atom is -0.320 e. The van der Waals surface area contributed by atoms with Gasteiger partial charge in [-0.2, -0.15) is 0 Å². The highest BCUT2D eigenvalue weighted by molar-refractivity contribution is 7.84. The molecule has 1 aliphatic rings. The van der Waals surface area contributed by atoms with Gasteiger partial charge in [0.05, 0.1) is 6.54 Å². The van der Waals surface area contributed by atoms with Crippen LogP contribution in [0.2, 0.25) is 0 Å². The van der Waals surface area contributed by atoms with Crippen LogP contribution in [0.1, 0.15) is 22.8 Å². The van der Waals surface area contributed by atoms with Crippen molar-refractivity contribution in [2.75, 3.05) is 24.6 Å². The summed E-state index contributed by atoms with van der Waals surface area (Å²) in [5, 5.41) is 3.22. The third-order valence-corrected chi connectivity index (χ3v) is 5.33. The first kappa shape index (κ1) is 13.7. The van der Waals surface area contributed by atoms with Crippen molar-refractivity contribution in [1.29, 1.82) is 0 Å². The normalized spacial score (nSPS) is 21.6. The monoisotopic (exact) mass is 286 g/mol. The van der Waals surface area contributed by atoms with Crippen LogP contribution in [0.3, 0.4) is 0 Å². The summed E-state index contributed by atoms with van der Waals surface area (Å²) in [5.41, 5.74) is 0. The first-order valence-corrected chi connectivity index (χ1v) is 8.36. The fourth-order valence-corrected chi connectivity index (χ4v) is 3.65. The molecule has 6 heteroatoms. The number of nitrogens with one attached hydrogen (secondary N) is 1. The quantitative estimate of drug-likeness (QED) is 0.886. The Morgan fingerprint density at radius 3 is 2.94 bits per heavy atom. The zero-order valence-corrected chi connectivity index (χ0v) is 12.3. The Kier molecular flexibility index (Phi) is 4.53. The molecule has 1 N–H and O–H groups in total. The minimum absolute atomic E-state index is 0.0370. The minimum atomic E-state index is -0.822. The van der Waals surface area contributed by atoms with Gasteiger partial charge in [-0.25, -0.2) is 0 Å². The summed E-state index contributed by atoms with van der Waals surface area (Å²) in [4.78, 5) is 16.0. The number of amides is 1. The number of thiophene rings is 1.